The Balaban J connectivity index is 1.99. The zero-order chi connectivity index (χ0) is 16.3. The van der Waals surface area contributed by atoms with Crippen LogP contribution in [0, 0.1) is 5.82 Å². The van der Waals surface area contributed by atoms with Gasteiger partial charge in [0.15, 0.2) is 0 Å². The topological polar surface area (TPSA) is 50.1 Å². The molecule has 0 saturated carbocycles. The van der Waals surface area contributed by atoms with E-state index in [-0.39, 0.29) is 11.7 Å². The van der Waals surface area contributed by atoms with Gasteiger partial charge < -0.3 is 10.4 Å². The van der Waals surface area contributed by atoms with E-state index in [1.54, 1.807) is 23.9 Å². The molecule has 0 amide bonds. The highest BCUT2D eigenvalue weighted by Crippen LogP contribution is 2.25. The number of halogens is 2. The number of nitrogens with zero attached hydrogens (tertiary/aromatic N) is 2. The summed E-state index contributed by atoms with van der Waals surface area (Å²) in [6, 6.07) is 5.98. The van der Waals surface area contributed by atoms with Gasteiger partial charge in [-0.25, -0.2) is 4.39 Å². The highest BCUT2D eigenvalue weighted by Gasteiger charge is 2.17. The van der Waals surface area contributed by atoms with E-state index in [9.17, 15) is 9.50 Å². The maximum absolute atomic E-state index is 13.2. The standard InChI is InChI=1S/C16H21ClFN3O/c1-10(2)15-13(16(17)21(3)20-15)8-19-9-14(22)11-5-4-6-12(18)7-11/h4-7,10,14,19,22H,8-9H2,1-3H3/t14-/m1/s1. The molecule has 0 unspecified atom stereocenters. The van der Waals surface area contributed by atoms with Crippen LogP contribution in [0.1, 0.15) is 42.7 Å². The molecule has 0 aliphatic heterocycles. The van der Waals surface area contributed by atoms with Crippen molar-refractivity contribution in [2.75, 3.05) is 6.54 Å². The fourth-order valence-electron chi connectivity index (χ4n) is 2.36. The van der Waals surface area contributed by atoms with Gasteiger partial charge in [-0.1, -0.05) is 37.6 Å². The Hall–Kier alpha value is -1.43. The summed E-state index contributed by atoms with van der Waals surface area (Å²) in [5.41, 5.74) is 2.43. The van der Waals surface area contributed by atoms with Crippen LogP contribution in [0.3, 0.4) is 0 Å². The predicted octanol–water partition coefficient (Wildman–Crippen LogP) is 3.16. The number of nitrogens with one attached hydrogen (secondary N) is 1. The van der Waals surface area contributed by atoms with Crippen LogP contribution < -0.4 is 5.32 Å². The van der Waals surface area contributed by atoms with Crippen LogP contribution in [0.5, 0.6) is 0 Å². The van der Waals surface area contributed by atoms with Crippen LogP contribution in [-0.2, 0) is 13.6 Å². The number of aliphatic hydroxyl groups excluding tert-OH is 1. The zero-order valence-electron chi connectivity index (χ0n) is 13.0. The number of aromatic nitrogens is 2. The fraction of sp³-hybridized carbons (Fsp3) is 0.438. The molecule has 1 heterocycles. The van der Waals surface area contributed by atoms with Crippen LogP contribution in [0.15, 0.2) is 24.3 Å². The summed E-state index contributed by atoms with van der Waals surface area (Å²) in [6.07, 6.45) is -0.770. The molecule has 4 nitrogen and oxygen atoms in total. The molecule has 2 rings (SSSR count). The second-order valence-corrected chi connectivity index (χ2v) is 5.99. The van der Waals surface area contributed by atoms with Gasteiger partial charge in [0.1, 0.15) is 11.0 Å². The molecule has 0 aliphatic carbocycles. The highest BCUT2D eigenvalue weighted by molar-refractivity contribution is 6.30. The van der Waals surface area contributed by atoms with Crippen LogP contribution >= 0.6 is 11.6 Å². The molecule has 2 aromatic rings. The average molecular weight is 326 g/mol. The fourth-order valence-corrected chi connectivity index (χ4v) is 2.56. The Morgan fingerprint density at radius 1 is 1.41 bits per heavy atom. The minimum Gasteiger partial charge on any atom is -0.387 e. The van der Waals surface area contributed by atoms with Gasteiger partial charge >= 0.3 is 0 Å². The summed E-state index contributed by atoms with van der Waals surface area (Å²) in [5, 5.41) is 18.3. The van der Waals surface area contributed by atoms with Crippen molar-refractivity contribution in [2.24, 2.45) is 7.05 Å². The van der Waals surface area contributed by atoms with Gasteiger partial charge in [-0.05, 0) is 23.6 Å². The number of aliphatic hydroxyl groups is 1. The largest absolute Gasteiger partial charge is 0.387 e. The summed E-state index contributed by atoms with van der Waals surface area (Å²) < 4.78 is 14.8. The second-order valence-electron chi connectivity index (χ2n) is 5.63. The highest BCUT2D eigenvalue weighted by atomic mass is 35.5. The van der Waals surface area contributed by atoms with Crippen molar-refractivity contribution in [1.29, 1.82) is 0 Å². The molecular formula is C16H21ClFN3O. The number of hydrogen-bond donors (Lipinski definition) is 2. The van der Waals surface area contributed by atoms with Crippen molar-refractivity contribution in [3.05, 3.63) is 52.1 Å². The molecule has 1 atom stereocenters. The second kappa shape index (κ2) is 7.22. The Kier molecular flexibility index (Phi) is 5.56. The summed E-state index contributed by atoms with van der Waals surface area (Å²) in [7, 11) is 1.80. The first kappa shape index (κ1) is 16.9. The smallest absolute Gasteiger partial charge is 0.131 e. The molecular weight excluding hydrogens is 305 g/mol. The lowest BCUT2D eigenvalue weighted by molar-refractivity contribution is 0.174. The quantitative estimate of drug-likeness (QED) is 0.857. The average Bonchev–Trinajstić information content (AvgIpc) is 2.75. The first-order valence-electron chi connectivity index (χ1n) is 7.25. The van der Waals surface area contributed by atoms with Gasteiger partial charge in [0, 0.05) is 25.7 Å². The van der Waals surface area contributed by atoms with Crippen molar-refractivity contribution >= 4 is 11.6 Å². The molecule has 1 aromatic carbocycles. The van der Waals surface area contributed by atoms with E-state index in [1.165, 1.54) is 12.1 Å². The third-order valence-electron chi connectivity index (χ3n) is 3.52. The van der Waals surface area contributed by atoms with E-state index in [2.05, 4.69) is 24.3 Å². The summed E-state index contributed by atoms with van der Waals surface area (Å²) in [4.78, 5) is 0. The Labute approximate surface area is 134 Å². The first-order chi connectivity index (χ1) is 10.4. The molecule has 1 aromatic heterocycles. The van der Waals surface area contributed by atoms with E-state index >= 15 is 0 Å². The molecule has 0 bridgehead atoms. The van der Waals surface area contributed by atoms with Crippen molar-refractivity contribution in [1.82, 2.24) is 15.1 Å². The number of rotatable bonds is 6. The van der Waals surface area contributed by atoms with Crippen LogP contribution in [0.2, 0.25) is 5.15 Å². The van der Waals surface area contributed by atoms with Crippen molar-refractivity contribution in [3.63, 3.8) is 0 Å². The van der Waals surface area contributed by atoms with Crippen molar-refractivity contribution in [2.45, 2.75) is 32.4 Å². The van der Waals surface area contributed by atoms with Gasteiger partial charge in [0.05, 0.1) is 11.8 Å². The van der Waals surface area contributed by atoms with Gasteiger partial charge in [-0.2, -0.15) is 5.10 Å². The summed E-state index contributed by atoms with van der Waals surface area (Å²) >= 11 is 6.26. The molecule has 0 aliphatic rings. The normalized spacial score (nSPS) is 12.9. The predicted molar refractivity (Wildman–Crippen MR) is 85.4 cm³/mol. The first-order valence-corrected chi connectivity index (χ1v) is 7.63. The summed E-state index contributed by atoms with van der Waals surface area (Å²) in [6.45, 7) is 4.94. The van der Waals surface area contributed by atoms with Gasteiger partial charge in [-0.3, -0.25) is 4.68 Å². The molecule has 0 spiro atoms. The molecule has 120 valence electrons. The Morgan fingerprint density at radius 2 is 2.14 bits per heavy atom. The van der Waals surface area contributed by atoms with Gasteiger partial charge in [-0.15, -0.1) is 0 Å². The van der Waals surface area contributed by atoms with Crippen LogP contribution in [-0.4, -0.2) is 21.4 Å². The Morgan fingerprint density at radius 3 is 2.77 bits per heavy atom. The minimum atomic E-state index is -0.770. The van der Waals surface area contributed by atoms with E-state index in [1.807, 2.05) is 0 Å². The lowest BCUT2D eigenvalue weighted by atomic mass is 10.1. The van der Waals surface area contributed by atoms with Crippen LogP contribution in [0.25, 0.3) is 0 Å². The molecule has 0 fully saturated rings. The third-order valence-corrected chi connectivity index (χ3v) is 3.99. The zero-order valence-corrected chi connectivity index (χ0v) is 13.7. The molecule has 2 N–H and O–H groups in total. The van der Waals surface area contributed by atoms with Crippen molar-refractivity contribution in [3.8, 4) is 0 Å². The number of hydrogen-bond acceptors (Lipinski definition) is 3. The van der Waals surface area contributed by atoms with Gasteiger partial charge in [0.25, 0.3) is 0 Å². The van der Waals surface area contributed by atoms with Crippen molar-refractivity contribution < 1.29 is 9.50 Å². The SMILES string of the molecule is CC(C)c1nn(C)c(Cl)c1CNC[C@@H](O)c1cccc(F)c1. The molecule has 0 radical (unpaired) electrons. The number of benzene rings is 1. The van der Waals surface area contributed by atoms with E-state index in [0.717, 1.165) is 11.3 Å². The summed E-state index contributed by atoms with van der Waals surface area (Å²) in [5.74, 6) is -0.0856. The Bertz CT molecular complexity index is 642. The molecule has 22 heavy (non-hydrogen) atoms. The maximum atomic E-state index is 13.2. The number of aryl methyl sites for hydroxylation is 1. The lowest BCUT2D eigenvalue weighted by Crippen LogP contribution is -2.21. The van der Waals surface area contributed by atoms with E-state index in [0.29, 0.717) is 23.8 Å². The van der Waals surface area contributed by atoms with E-state index < -0.39 is 6.10 Å². The monoisotopic (exact) mass is 325 g/mol. The lowest BCUT2D eigenvalue weighted by Gasteiger charge is -2.13. The maximum Gasteiger partial charge on any atom is 0.131 e. The molecule has 6 heteroatoms. The van der Waals surface area contributed by atoms with E-state index in [4.69, 9.17) is 11.6 Å². The molecule has 0 saturated heterocycles. The van der Waals surface area contributed by atoms with Gasteiger partial charge in [0.2, 0.25) is 0 Å². The van der Waals surface area contributed by atoms with Crippen LogP contribution in [0.4, 0.5) is 4.39 Å². The minimum absolute atomic E-state index is 0.267. The third kappa shape index (κ3) is 3.85.